The molecular weight excluding hydrogens is 521 g/mol. The van der Waals surface area contributed by atoms with Crippen LogP contribution < -0.4 is 15.5 Å². The number of thiophene rings is 1. The minimum Gasteiger partial charge on any atom is -0.363 e. The van der Waals surface area contributed by atoms with Gasteiger partial charge in [-0.1, -0.05) is 30.3 Å². The summed E-state index contributed by atoms with van der Waals surface area (Å²) >= 11 is 1.80. The maximum Gasteiger partial charge on any atom is 0.244 e. The third-order valence-electron chi connectivity index (χ3n) is 5.32. The van der Waals surface area contributed by atoms with Crippen LogP contribution in [0.5, 0.6) is 0 Å². The van der Waals surface area contributed by atoms with Gasteiger partial charge in [-0.05, 0) is 49.8 Å². The van der Waals surface area contributed by atoms with E-state index >= 15 is 0 Å². The number of nitrogens with one attached hydrogen (secondary N) is 2. The van der Waals surface area contributed by atoms with E-state index in [1.807, 2.05) is 49.1 Å². The zero-order valence-electron chi connectivity index (χ0n) is 18.4. The molecule has 1 aliphatic heterocycles. The van der Waals surface area contributed by atoms with Crippen molar-refractivity contribution < 1.29 is 4.79 Å². The second-order valence-corrected chi connectivity index (χ2v) is 8.37. The van der Waals surface area contributed by atoms with Crippen LogP contribution in [0, 0.1) is 0 Å². The van der Waals surface area contributed by atoms with Gasteiger partial charge >= 0.3 is 0 Å². The number of rotatable bonds is 8. The molecule has 3 rings (SSSR count). The van der Waals surface area contributed by atoms with Crippen molar-refractivity contribution >= 4 is 52.2 Å². The topological polar surface area (TPSA) is 60.0 Å². The van der Waals surface area contributed by atoms with Crippen molar-refractivity contribution in [3.8, 4) is 0 Å². The highest BCUT2D eigenvalue weighted by atomic mass is 127. The molecule has 8 heteroatoms. The molecule has 31 heavy (non-hydrogen) atoms. The van der Waals surface area contributed by atoms with Crippen LogP contribution in [0.2, 0.25) is 0 Å². The molecule has 1 saturated heterocycles. The summed E-state index contributed by atoms with van der Waals surface area (Å²) in [6, 6.07) is 14.8. The van der Waals surface area contributed by atoms with E-state index in [0.29, 0.717) is 19.1 Å². The van der Waals surface area contributed by atoms with Crippen LogP contribution in [-0.2, 0) is 11.3 Å². The summed E-state index contributed by atoms with van der Waals surface area (Å²) < 4.78 is 0. The van der Waals surface area contributed by atoms with E-state index in [2.05, 4.69) is 38.0 Å². The summed E-state index contributed by atoms with van der Waals surface area (Å²) in [7, 11) is 0. The molecule has 0 aliphatic carbocycles. The number of halogens is 1. The molecule has 0 spiro atoms. The number of amides is 1. The van der Waals surface area contributed by atoms with Gasteiger partial charge in [-0.2, -0.15) is 0 Å². The van der Waals surface area contributed by atoms with Crippen molar-refractivity contribution in [2.75, 3.05) is 37.6 Å². The maximum absolute atomic E-state index is 12.7. The monoisotopic (exact) mass is 555 g/mol. The number of carbonyl (C=O) groups excluding carboxylic acids is 1. The Kier molecular flexibility index (Phi) is 11.1. The van der Waals surface area contributed by atoms with E-state index in [-0.39, 0.29) is 36.4 Å². The van der Waals surface area contributed by atoms with Gasteiger partial charge in [-0.3, -0.25) is 4.79 Å². The summed E-state index contributed by atoms with van der Waals surface area (Å²) in [5, 5.41) is 10.3. The van der Waals surface area contributed by atoms with Crippen molar-refractivity contribution in [3.05, 3.63) is 53.4 Å². The number of hydrogen-bond acceptors (Lipinski definition) is 4. The first-order chi connectivity index (χ1) is 14.7. The van der Waals surface area contributed by atoms with E-state index in [9.17, 15) is 4.79 Å². The van der Waals surface area contributed by atoms with Crippen LogP contribution in [0.25, 0.3) is 0 Å². The Labute approximate surface area is 207 Å². The van der Waals surface area contributed by atoms with Crippen LogP contribution >= 0.6 is 35.3 Å². The SMILES string of the molecule is CCNC(=NCC(=O)N(CC)Cc1ccccc1)NC1CCN(c2cccs2)CC1.I. The average molecular weight is 556 g/mol. The first-order valence-corrected chi connectivity index (χ1v) is 11.7. The van der Waals surface area contributed by atoms with E-state index in [4.69, 9.17) is 0 Å². The zero-order chi connectivity index (χ0) is 21.2. The Bertz CT molecular complexity index is 792. The number of anilines is 1. The largest absolute Gasteiger partial charge is 0.363 e. The molecule has 0 saturated carbocycles. The standard InChI is InChI=1S/C23H33N5OS.HI/c1-3-24-23(26-20-12-14-28(15-13-20)22-11-8-16-30-22)25-17-21(29)27(4-2)18-19-9-6-5-7-10-19;/h5-11,16,20H,3-4,12-15,17-18H2,1-2H3,(H2,24,25,26);1H. The Morgan fingerprint density at radius 3 is 2.52 bits per heavy atom. The number of benzene rings is 1. The number of piperidine rings is 1. The second kappa shape index (κ2) is 13.6. The molecular formula is C23H34IN5OS. The van der Waals surface area contributed by atoms with E-state index in [1.165, 1.54) is 5.00 Å². The van der Waals surface area contributed by atoms with Gasteiger partial charge in [0.15, 0.2) is 5.96 Å². The van der Waals surface area contributed by atoms with Crippen molar-refractivity contribution in [1.29, 1.82) is 0 Å². The summed E-state index contributed by atoms with van der Waals surface area (Å²) in [5.74, 6) is 0.780. The smallest absolute Gasteiger partial charge is 0.244 e. The number of guanidine groups is 1. The maximum atomic E-state index is 12.7. The molecule has 0 atom stereocenters. The van der Waals surface area contributed by atoms with Gasteiger partial charge in [0.25, 0.3) is 0 Å². The third-order valence-corrected chi connectivity index (χ3v) is 6.25. The second-order valence-electron chi connectivity index (χ2n) is 7.45. The van der Waals surface area contributed by atoms with Crippen LogP contribution in [-0.4, -0.2) is 55.5 Å². The first kappa shape index (κ1) is 25.5. The summed E-state index contributed by atoms with van der Waals surface area (Å²) in [6.45, 7) is 8.36. The Morgan fingerprint density at radius 2 is 1.90 bits per heavy atom. The highest BCUT2D eigenvalue weighted by Gasteiger charge is 2.21. The number of carbonyl (C=O) groups is 1. The van der Waals surface area contributed by atoms with E-state index in [0.717, 1.165) is 44.0 Å². The lowest BCUT2D eigenvalue weighted by molar-refractivity contribution is -0.130. The van der Waals surface area contributed by atoms with Gasteiger partial charge in [-0.25, -0.2) is 4.99 Å². The predicted octanol–water partition coefficient (Wildman–Crippen LogP) is 3.94. The van der Waals surface area contributed by atoms with Gasteiger partial charge < -0.3 is 20.4 Å². The predicted molar refractivity (Wildman–Crippen MR) is 142 cm³/mol. The quantitative estimate of drug-likeness (QED) is 0.295. The molecule has 0 radical (unpaired) electrons. The Hall–Kier alpha value is -1.81. The van der Waals surface area contributed by atoms with Gasteiger partial charge in [0.1, 0.15) is 6.54 Å². The van der Waals surface area contributed by atoms with Gasteiger partial charge in [0, 0.05) is 38.8 Å². The Morgan fingerprint density at radius 1 is 1.16 bits per heavy atom. The molecule has 2 N–H and O–H groups in total. The van der Waals surface area contributed by atoms with Crippen molar-refractivity contribution in [2.45, 2.75) is 39.3 Å². The molecule has 1 aromatic heterocycles. The van der Waals surface area contributed by atoms with E-state index in [1.54, 1.807) is 11.3 Å². The van der Waals surface area contributed by atoms with Crippen LogP contribution in [0.1, 0.15) is 32.3 Å². The minimum atomic E-state index is 0. The highest BCUT2D eigenvalue weighted by molar-refractivity contribution is 14.0. The number of hydrogen-bond donors (Lipinski definition) is 2. The van der Waals surface area contributed by atoms with E-state index < -0.39 is 0 Å². The van der Waals surface area contributed by atoms with Crippen LogP contribution in [0.4, 0.5) is 5.00 Å². The first-order valence-electron chi connectivity index (χ1n) is 10.8. The normalized spacial score (nSPS) is 14.6. The molecule has 170 valence electrons. The van der Waals surface area contributed by atoms with Crippen molar-refractivity contribution in [1.82, 2.24) is 15.5 Å². The molecule has 1 aromatic carbocycles. The third kappa shape index (κ3) is 7.99. The summed E-state index contributed by atoms with van der Waals surface area (Å²) in [5.41, 5.74) is 1.14. The fraction of sp³-hybridized carbons (Fsp3) is 0.478. The fourth-order valence-corrected chi connectivity index (χ4v) is 4.42. The molecule has 6 nitrogen and oxygen atoms in total. The highest BCUT2D eigenvalue weighted by Crippen LogP contribution is 2.24. The summed E-state index contributed by atoms with van der Waals surface area (Å²) in [6.07, 6.45) is 2.12. The number of nitrogens with zero attached hydrogens (tertiary/aromatic N) is 3. The van der Waals surface area contributed by atoms with Crippen LogP contribution in [0.3, 0.4) is 0 Å². The molecule has 2 heterocycles. The van der Waals surface area contributed by atoms with Gasteiger partial charge in [0.05, 0.1) is 5.00 Å². The molecule has 1 amide bonds. The molecule has 1 aliphatic rings. The molecule has 1 fully saturated rings. The lowest BCUT2D eigenvalue weighted by Gasteiger charge is -2.33. The molecule has 0 bridgehead atoms. The minimum absolute atomic E-state index is 0. The zero-order valence-corrected chi connectivity index (χ0v) is 21.6. The van der Waals surface area contributed by atoms with Crippen LogP contribution in [0.15, 0.2) is 52.8 Å². The van der Waals surface area contributed by atoms with Gasteiger partial charge in [0.2, 0.25) is 5.91 Å². The Balaban J connectivity index is 0.00000341. The number of aliphatic imine (C=N–C) groups is 1. The van der Waals surface area contributed by atoms with Gasteiger partial charge in [-0.15, -0.1) is 35.3 Å². The number of likely N-dealkylation sites (N-methyl/N-ethyl adjacent to an activating group) is 1. The molecule has 0 unspecified atom stereocenters. The average Bonchev–Trinajstić information content (AvgIpc) is 3.32. The lowest BCUT2D eigenvalue weighted by Crippen LogP contribution is -2.49. The van der Waals surface area contributed by atoms with Crippen molar-refractivity contribution in [2.24, 2.45) is 4.99 Å². The summed E-state index contributed by atoms with van der Waals surface area (Å²) in [4.78, 5) is 21.6. The van der Waals surface area contributed by atoms with Crippen molar-refractivity contribution in [3.63, 3.8) is 0 Å². The lowest BCUT2D eigenvalue weighted by atomic mass is 10.1. The molecule has 2 aromatic rings. The fourth-order valence-electron chi connectivity index (χ4n) is 3.63.